The summed E-state index contributed by atoms with van der Waals surface area (Å²) in [5.41, 5.74) is 2.93. The zero-order chi connectivity index (χ0) is 13.1. The van der Waals surface area contributed by atoms with E-state index in [4.69, 9.17) is 16.3 Å². The summed E-state index contributed by atoms with van der Waals surface area (Å²) in [7, 11) is 0. The largest absolute Gasteiger partial charge is 0.454 e. The number of halogens is 2. The predicted molar refractivity (Wildman–Crippen MR) is 71.9 cm³/mol. The van der Waals surface area contributed by atoms with E-state index in [2.05, 4.69) is 0 Å². The summed E-state index contributed by atoms with van der Waals surface area (Å²) >= 11 is 5.78. The van der Waals surface area contributed by atoms with Gasteiger partial charge in [-0.05, 0) is 43.2 Å². The third-order valence-corrected chi connectivity index (χ3v) is 3.18. The highest BCUT2D eigenvalue weighted by molar-refractivity contribution is 6.17. The van der Waals surface area contributed by atoms with E-state index in [1.54, 1.807) is 12.1 Å². The van der Waals surface area contributed by atoms with Crippen LogP contribution in [0.15, 0.2) is 36.4 Å². The predicted octanol–water partition coefficient (Wildman–Crippen LogP) is 4.97. The minimum absolute atomic E-state index is 0.204. The van der Waals surface area contributed by atoms with E-state index in [0.717, 1.165) is 5.56 Å². The molecule has 0 aliphatic carbocycles. The number of ether oxygens (including phenoxy) is 1. The number of para-hydroxylation sites is 1. The molecular formula is C15H14ClFO. The molecule has 0 fully saturated rings. The molecule has 0 spiro atoms. The maximum absolute atomic E-state index is 13.7. The molecule has 0 aliphatic rings. The third-order valence-electron chi connectivity index (χ3n) is 2.89. The standard InChI is InChI=1S/C15H14ClFO/c1-10-6-7-13(8-11(10)2)18-15-12(9-16)4-3-5-14(15)17/h3-8H,9H2,1-2H3. The first kappa shape index (κ1) is 12.9. The van der Waals surface area contributed by atoms with Gasteiger partial charge in [-0.3, -0.25) is 0 Å². The average molecular weight is 265 g/mol. The third kappa shape index (κ3) is 2.65. The van der Waals surface area contributed by atoms with Gasteiger partial charge in [0, 0.05) is 5.56 Å². The van der Waals surface area contributed by atoms with Crippen LogP contribution < -0.4 is 4.74 Å². The van der Waals surface area contributed by atoms with Gasteiger partial charge in [0.1, 0.15) is 5.75 Å². The molecule has 94 valence electrons. The molecule has 2 aromatic rings. The van der Waals surface area contributed by atoms with Gasteiger partial charge >= 0.3 is 0 Å². The Labute approximate surface area is 111 Å². The summed E-state index contributed by atoms with van der Waals surface area (Å²) in [6.45, 7) is 4.01. The number of alkyl halides is 1. The number of rotatable bonds is 3. The van der Waals surface area contributed by atoms with Crippen molar-refractivity contribution in [3.63, 3.8) is 0 Å². The molecule has 18 heavy (non-hydrogen) atoms. The number of benzene rings is 2. The Morgan fingerprint density at radius 3 is 2.56 bits per heavy atom. The van der Waals surface area contributed by atoms with Gasteiger partial charge in [-0.25, -0.2) is 4.39 Å². The molecule has 3 heteroatoms. The van der Waals surface area contributed by atoms with Crippen molar-refractivity contribution in [3.8, 4) is 11.5 Å². The summed E-state index contributed by atoms with van der Waals surface area (Å²) in [6, 6.07) is 10.4. The second-order valence-electron chi connectivity index (χ2n) is 4.21. The molecule has 0 radical (unpaired) electrons. The Hall–Kier alpha value is -1.54. The lowest BCUT2D eigenvalue weighted by molar-refractivity contribution is 0.438. The lowest BCUT2D eigenvalue weighted by Crippen LogP contribution is -1.94. The monoisotopic (exact) mass is 264 g/mol. The lowest BCUT2D eigenvalue weighted by atomic mass is 10.1. The highest BCUT2D eigenvalue weighted by atomic mass is 35.5. The molecular weight excluding hydrogens is 251 g/mol. The van der Waals surface area contributed by atoms with Crippen LogP contribution in [0, 0.1) is 19.7 Å². The minimum Gasteiger partial charge on any atom is -0.454 e. The number of hydrogen-bond acceptors (Lipinski definition) is 1. The fraction of sp³-hybridized carbons (Fsp3) is 0.200. The topological polar surface area (TPSA) is 9.23 Å². The van der Waals surface area contributed by atoms with Gasteiger partial charge in [-0.1, -0.05) is 18.2 Å². The van der Waals surface area contributed by atoms with E-state index in [9.17, 15) is 4.39 Å². The number of hydrogen-bond donors (Lipinski definition) is 0. The van der Waals surface area contributed by atoms with Crippen LogP contribution in [0.1, 0.15) is 16.7 Å². The van der Waals surface area contributed by atoms with Crippen LogP contribution in [0.2, 0.25) is 0 Å². The van der Waals surface area contributed by atoms with E-state index in [1.807, 2.05) is 32.0 Å². The lowest BCUT2D eigenvalue weighted by Gasteiger charge is -2.11. The highest BCUT2D eigenvalue weighted by Gasteiger charge is 2.10. The highest BCUT2D eigenvalue weighted by Crippen LogP contribution is 2.30. The first-order valence-electron chi connectivity index (χ1n) is 5.70. The summed E-state index contributed by atoms with van der Waals surface area (Å²) in [5.74, 6) is 0.648. The SMILES string of the molecule is Cc1ccc(Oc2c(F)cccc2CCl)cc1C. The minimum atomic E-state index is -0.397. The Morgan fingerprint density at radius 2 is 1.89 bits per heavy atom. The second kappa shape index (κ2) is 5.40. The molecule has 0 unspecified atom stereocenters. The summed E-state index contributed by atoms with van der Waals surface area (Å²) in [4.78, 5) is 0. The van der Waals surface area contributed by atoms with Crippen LogP contribution in [-0.4, -0.2) is 0 Å². The summed E-state index contributed by atoms with van der Waals surface area (Å²) in [5, 5.41) is 0. The fourth-order valence-electron chi connectivity index (χ4n) is 1.67. The van der Waals surface area contributed by atoms with Crippen molar-refractivity contribution in [3.05, 3.63) is 58.9 Å². The van der Waals surface area contributed by atoms with Gasteiger partial charge in [0.2, 0.25) is 0 Å². The van der Waals surface area contributed by atoms with Crippen LogP contribution in [-0.2, 0) is 5.88 Å². The first-order chi connectivity index (χ1) is 8.61. The van der Waals surface area contributed by atoms with Gasteiger partial charge in [0.25, 0.3) is 0 Å². The van der Waals surface area contributed by atoms with Crippen LogP contribution >= 0.6 is 11.6 Å². The van der Waals surface area contributed by atoms with Crippen molar-refractivity contribution < 1.29 is 9.13 Å². The van der Waals surface area contributed by atoms with Gasteiger partial charge < -0.3 is 4.74 Å². The molecule has 0 aliphatic heterocycles. The van der Waals surface area contributed by atoms with Gasteiger partial charge in [0.15, 0.2) is 11.6 Å². The molecule has 0 N–H and O–H groups in total. The molecule has 2 rings (SSSR count). The maximum Gasteiger partial charge on any atom is 0.167 e. The molecule has 0 bridgehead atoms. The molecule has 2 aromatic carbocycles. The maximum atomic E-state index is 13.7. The van der Waals surface area contributed by atoms with Crippen molar-refractivity contribution in [2.24, 2.45) is 0 Å². The molecule has 1 nitrogen and oxygen atoms in total. The molecule has 0 atom stereocenters. The molecule has 0 amide bonds. The number of aryl methyl sites for hydroxylation is 2. The second-order valence-corrected chi connectivity index (χ2v) is 4.48. The van der Waals surface area contributed by atoms with Crippen molar-refractivity contribution in [1.29, 1.82) is 0 Å². The van der Waals surface area contributed by atoms with Crippen LogP contribution in [0.3, 0.4) is 0 Å². The summed E-state index contributed by atoms with van der Waals surface area (Å²) in [6.07, 6.45) is 0. The normalized spacial score (nSPS) is 10.4. The first-order valence-corrected chi connectivity index (χ1v) is 6.23. The van der Waals surface area contributed by atoms with Gasteiger partial charge in [-0.15, -0.1) is 11.6 Å². The van der Waals surface area contributed by atoms with Crippen LogP contribution in [0.4, 0.5) is 4.39 Å². The van der Waals surface area contributed by atoms with Crippen LogP contribution in [0.25, 0.3) is 0 Å². The van der Waals surface area contributed by atoms with E-state index in [-0.39, 0.29) is 11.6 Å². The Bertz CT molecular complexity index is 566. The van der Waals surface area contributed by atoms with Gasteiger partial charge in [0.05, 0.1) is 5.88 Å². The van der Waals surface area contributed by atoms with Crippen molar-refractivity contribution in [2.75, 3.05) is 0 Å². The zero-order valence-electron chi connectivity index (χ0n) is 10.3. The van der Waals surface area contributed by atoms with E-state index < -0.39 is 5.82 Å². The molecule has 0 saturated carbocycles. The quantitative estimate of drug-likeness (QED) is 0.711. The van der Waals surface area contributed by atoms with Crippen LogP contribution in [0.5, 0.6) is 11.5 Å². The van der Waals surface area contributed by atoms with Crippen molar-refractivity contribution in [1.82, 2.24) is 0 Å². The Balaban J connectivity index is 2.36. The zero-order valence-corrected chi connectivity index (χ0v) is 11.1. The molecule has 0 saturated heterocycles. The summed E-state index contributed by atoms with van der Waals surface area (Å²) < 4.78 is 19.3. The molecule has 0 heterocycles. The van der Waals surface area contributed by atoms with Crippen molar-refractivity contribution >= 4 is 11.6 Å². The Morgan fingerprint density at radius 1 is 1.11 bits per heavy atom. The fourth-order valence-corrected chi connectivity index (χ4v) is 1.88. The van der Waals surface area contributed by atoms with Crippen molar-refractivity contribution in [2.45, 2.75) is 19.7 Å². The van der Waals surface area contributed by atoms with E-state index in [0.29, 0.717) is 11.3 Å². The average Bonchev–Trinajstić information content (AvgIpc) is 2.36. The van der Waals surface area contributed by atoms with E-state index in [1.165, 1.54) is 11.6 Å². The Kier molecular flexibility index (Phi) is 3.87. The molecule has 0 aromatic heterocycles. The van der Waals surface area contributed by atoms with E-state index >= 15 is 0 Å². The van der Waals surface area contributed by atoms with Gasteiger partial charge in [-0.2, -0.15) is 0 Å². The smallest absolute Gasteiger partial charge is 0.167 e.